The molecule has 2 fully saturated rings. The molecule has 1 saturated heterocycles. The highest BCUT2D eigenvalue weighted by atomic mass is 31.2. The molecule has 0 radical (unpaired) electrons. The van der Waals surface area contributed by atoms with Crippen molar-refractivity contribution in [3.8, 4) is 0 Å². The Bertz CT molecular complexity index is 406. The molecule has 1 heterocycles. The van der Waals surface area contributed by atoms with Crippen molar-refractivity contribution in [1.29, 1.82) is 0 Å². The zero-order chi connectivity index (χ0) is 15.1. The lowest BCUT2D eigenvalue weighted by atomic mass is 9.77. The van der Waals surface area contributed by atoms with Crippen LogP contribution in [0.4, 0.5) is 8.78 Å². The highest BCUT2D eigenvalue weighted by Gasteiger charge is 2.55. The number of aliphatic hydroxyl groups is 3. The van der Waals surface area contributed by atoms with Crippen molar-refractivity contribution in [3.05, 3.63) is 0 Å². The van der Waals surface area contributed by atoms with Gasteiger partial charge in [-0.3, -0.25) is 4.57 Å². The van der Waals surface area contributed by atoms with Gasteiger partial charge >= 0.3 is 7.60 Å². The molecule has 6 nitrogen and oxygen atoms in total. The van der Waals surface area contributed by atoms with Crippen LogP contribution in [0.25, 0.3) is 0 Å². The van der Waals surface area contributed by atoms with E-state index in [0.29, 0.717) is 6.42 Å². The van der Waals surface area contributed by atoms with Crippen molar-refractivity contribution in [2.75, 3.05) is 6.61 Å². The highest BCUT2D eigenvalue weighted by molar-refractivity contribution is 7.53. The van der Waals surface area contributed by atoms with Crippen LogP contribution < -0.4 is 0 Å². The summed E-state index contributed by atoms with van der Waals surface area (Å²) < 4.78 is 44.4. The van der Waals surface area contributed by atoms with Crippen molar-refractivity contribution >= 4 is 7.60 Å². The molecule has 0 aromatic heterocycles. The van der Waals surface area contributed by atoms with Gasteiger partial charge in [-0.05, 0) is 19.3 Å². The number of alkyl halides is 2. The molecule has 4 N–H and O–H groups in total. The van der Waals surface area contributed by atoms with Crippen molar-refractivity contribution in [1.82, 2.24) is 0 Å². The van der Waals surface area contributed by atoms with Gasteiger partial charge < -0.3 is 24.7 Å². The van der Waals surface area contributed by atoms with Gasteiger partial charge in [0.15, 0.2) is 0 Å². The Balaban J connectivity index is 2.15. The van der Waals surface area contributed by atoms with E-state index >= 15 is 0 Å². The van der Waals surface area contributed by atoms with Crippen LogP contribution >= 0.6 is 7.60 Å². The average molecular weight is 316 g/mol. The summed E-state index contributed by atoms with van der Waals surface area (Å²) in [5, 5.41) is 28.5. The summed E-state index contributed by atoms with van der Waals surface area (Å²) in [4.78, 5) is 9.63. The second-order valence-corrected chi connectivity index (χ2v) is 7.67. The molecular weight excluding hydrogens is 297 g/mol. The first-order chi connectivity index (χ1) is 9.15. The molecule has 6 atom stereocenters. The van der Waals surface area contributed by atoms with Gasteiger partial charge in [0, 0.05) is 6.42 Å². The summed E-state index contributed by atoms with van der Waals surface area (Å²) in [6.07, 6.45) is -5.89. The summed E-state index contributed by atoms with van der Waals surface area (Å²) in [5.74, 6) is -5.08. The van der Waals surface area contributed by atoms with Gasteiger partial charge in [0.25, 0.3) is 5.92 Å². The van der Waals surface area contributed by atoms with Crippen LogP contribution in [-0.4, -0.2) is 56.7 Å². The number of aliphatic hydroxyl groups excluding tert-OH is 3. The van der Waals surface area contributed by atoms with Crippen LogP contribution in [0.15, 0.2) is 0 Å². The molecule has 0 amide bonds. The Morgan fingerprint density at radius 3 is 2.50 bits per heavy atom. The first-order valence-corrected chi connectivity index (χ1v) is 8.19. The van der Waals surface area contributed by atoms with E-state index in [0.717, 1.165) is 0 Å². The minimum atomic E-state index is -3.97. The fourth-order valence-corrected chi connectivity index (χ4v) is 4.51. The SMILES string of the molecule is O=P1(O)OCCCC1C[C@@H]1[C@@H](O)[C@H](O)[C@H](O)CC1(F)F. The average Bonchev–Trinajstić information content (AvgIpc) is 2.33. The van der Waals surface area contributed by atoms with Gasteiger partial charge in [0.1, 0.15) is 6.10 Å². The maximum absolute atomic E-state index is 13.9. The molecule has 118 valence electrons. The zero-order valence-corrected chi connectivity index (χ0v) is 11.6. The second kappa shape index (κ2) is 5.59. The first-order valence-electron chi connectivity index (χ1n) is 6.54. The van der Waals surface area contributed by atoms with Crippen LogP contribution in [-0.2, 0) is 9.09 Å². The van der Waals surface area contributed by atoms with E-state index in [1.807, 2.05) is 0 Å². The molecule has 20 heavy (non-hydrogen) atoms. The van der Waals surface area contributed by atoms with E-state index in [-0.39, 0.29) is 13.0 Å². The third kappa shape index (κ3) is 3.05. The topological polar surface area (TPSA) is 107 Å². The van der Waals surface area contributed by atoms with Crippen molar-refractivity contribution < 1.29 is 38.1 Å². The molecule has 1 aliphatic carbocycles. The number of halogens is 2. The van der Waals surface area contributed by atoms with Gasteiger partial charge in [0.2, 0.25) is 0 Å². The summed E-state index contributed by atoms with van der Waals surface area (Å²) >= 11 is 0. The maximum Gasteiger partial charge on any atom is 0.331 e. The molecule has 2 rings (SSSR count). The smallest absolute Gasteiger partial charge is 0.331 e. The predicted molar refractivity (Wildman–Crippen MR) is 64.5 cm³/mol. The molecular formula is C11H19F2O6P. The maximum atomic E-state index is 13.9. The van der Waals surface area contributed by atoms with E-state index in [9.17, 15) is 33.6 Å². The van der Waals surface area contributed by atoms with Crippen molar-refractivity contribution in [3.63, 3.8) is 0 Å². The van der Waals surface area contributed by atoms with Crippen LogP contribution in [0.2, 0.25) is 0 Å². The lowest BCUT2D eigenvalue weighted by Crippen LogP contribution is -2.56. The Hall–Kier alpha value is -0.110. The third-order valence-electron chi connectivity index (χ3n) is 4.13. The molecule has 0 aromatic carbocycles. The summed E-state index contributed by atoms with van der Waals surface area (Å²) in [7, 11) is -3.97. The Labute approximate surface area is 114 Å². The van der Waals surface area contributed by atoms with Crippen LogP contribution in [0, 0.1) is 5.92 Å². The molecule has 9 heteroatoms. The molecule has 1 saturated carbocycles. The Morgan fingerprint density at radius 2 is 1.90 bits per heavy atom. The van der Waals surface area contributed by atoms with E-state index in [4.69, 9.17) is 4.52 Å². The van der Waals surface area contributed by atoms with Crippen molar-refractivity contribution in [2.45, 2.75) is 55.6 Å². The van der Waals surface area contributed by atoms with E-state index in [1.54, 1.807) is 0 Å². The van der Waals surface area contributed by atoms with Gasteiger partial charge in [-0.15, -0.1) is 0 Å². The fourth-order valence-electron chi connectivity index (χ4n) is 2.91. The van der Waals surface area contributed by atoms with Gasteiger partial charge in [-0.1, -0.05) is 0 Å². The van der Waals surface area contributed by atoms with E-state index < -0.39 is 56.2 Å². The third-order valence-corrected chi connectivity index (χ3v) is 6.07. The molecule has 2 aliphatic rings. The lowest BCUT2D eigenvalue weighted by Gasteiger charge is -2.42. The fraction of sp³-hybridized carbons (Fsp3) is 1.00. The number of hydrogen-bond acceptors (Lipinski definition) is 5. The minimum absolute atomic E-state index is 0.106. The minimum Gasteiger partial charge on any atom is -0.390 e. The van der Waals surface area contributed by atoms with Gasteiger partial charge in [-0.25, -0.2) is 8.78 Å². The van der Waals surface area contributed by atoms with Crippen LogP contribution in [0.5, 0.6) is 0 Å². The Kier molecular flexibility index (Phi) is 4.54. The zero-order valence-electron chi connectivity index (χ0n) is 10.7. The quantitative estimate of drug-likeness (QED) is 0.552. The standard InChI is InChI=1S/C11H19F2O6P/c12-11(13)5-8(14)10(16)9(15)7(11)4-6-2-1-3-19-20(6,17)18/h6-10,14-16H,1-5H2,(H,17,18)/t6?,7-,8-,9-,10-/m1/s1. The van der Waals surface area contributed by atoms with E-state index in [1.165, 1.54) is 0 Å². The highest BCUT2D eigenvalue weighted by Crippen LogP contribution is 2.56. The monoisotopic (exact) mass is 316 g/mol. The Morgan fingerprint density at radius 1 is 1.25 bits per heavy atom. The van der Waals surface area contributed by atoms with Crippen LogP contribution in [0.3, 0.4) is 0 Å². The predicted octanol–water partition coefficient (Wildman–Crippen LogP) is 0.479. The largest absolute Gasteiger partial charge is 0.390 e. The van der Waals surface area contributed by atoms with Crippen molar-refractivity contribution in [2.24, 2.45) is 5.92 Å². The van der Waals surface area contributed by atoms with Gasteiger partial charge in [0.05, 0.1) is 30.4 Å². The molecule has 0 aromatic rings. The summed E-state index contributed by atoms with van der Waals surface area (Å²) in [5.41, 5.74) is -0.982. The molecule has 0 spiro atoms. The first kappa shape index (κ1) is 16.3. The van der Waals surface area contributed by atoms with E-state index in [2.05, 4.69) is 0 Å². The van der Waals surface area contributed by atoms with Gasteiger partial charge in [-0.2, -0.15) is 0 Å². The number of rotatable bonds is 2. The summed E-state index contributed by atoms with van der Waals surface area (Å²) in [6.45, 7) is 0.106. The summed E-state index contributed by atoms with van der Waals surface area (Å²) in [6, 6.07) is 0. The molecule has 2 unspecified atom stereocenters. The lowest BCUT2D eigenvalue weighted by molar-refractivity contribution is -0.212. The normalized spacial score (nSPS) is 49.0. The molecule has 0 bridgehead atoms. The van der Waals surface area contributed by atoms with Crippen LogP contribution in [0.1, 0.15) is 25.7 Å². The molecule has 1 aliphatic heterocycles. The number of hydrogen-bond donors (Lipinski definition) is 4. The second-order valence-electron chi connectivity index (χ2n) is 5.55.